The number of nitrogens with two attached hydrogens (primary N) is 1. The Bertz CT molecular complexity index is 1090. The molecule has 2 unspecified atom stereocenters. The standard InChI is InChI=1S/C22H24F5N7O/c1-13-7-21(23,24)12-34(17(13)11-33-20-31-8-14(9-32-20)22(25,26)27)19(35)15(10-29-2)18(28)16-5-3-4-6-30-16/h3-6,8-10,13,17H,7,11-12,28H2,1-2H3,(H,31,32,33). The topological polar surface area (TPSA) is 109 Å². The van der Waals surface area contributed by atoms with Gasteiger partial charge in [0.1, 0.15) is 0 Å². The number of piperidine rings is 1. The Balaban J connectivity index is 1.89. The van der Waals surface area contributed by atoms with Crippen LogP contribution in [0.2, 0.25) is 0 Å². The van der Waals surface area contributed by atoms with Crippen molar-refractivity contribution in [3.63, 3.8) is 0 Å². The maximum Gasteiger partial charge on any atom is 0.419 e. The van der Waals surface area contributed by atoms with Gasteiger partial charge in [-0.25, -0.2) is 18.7 Å². The number of hydrogen-bond acceptors (Lipinski definition) is 7. The lowest BCUT2D eigenvalue weighted by Gasteiger charge is -2.43. The number of amides is 1. The number of halogens is 5. The van der Waals surface area contributed by atoms with Crippen molar-refractivity contribution in [2.24, 2.45) is 16.6 Å². The fourth-order valence-corrected chi connectivity index (χ4v) is 3.82. The number of carbonyl (C=O) groups is 1. The second-order valence-electron chi connectivity index (χ2n) is 8.14. The zero-order chi connectivity index (χ0) is 25.8. The molecular formula is C22H24F5N7O. The average Bonchev–Trinajstić information content (AvgIpc) is 2.80. The van der Waals surface area contributed by atoms with Crippen LogP contribution in [0.1, 0.15) is 24.6 Å². The minimum Gasteiger partial charge on any atom is -0.396 e. The molecule has 35 heavy (non-hydrogen) atoms. The summed E-state index contributed by atoms with van der Waals surface area (Å²) in [4.78, 5) is 29.7. The Morgan fingerprint density at radius 1 is 1.29 bits per heavy atom. The molecule has 1 amide bonds. The van der Waals surface area contributed by atoms with Crippen molar-refractivity contribution in [2.75, 3.05) is 25.5 Å². The maximum absolute atomic E-state index is 14.5. The number of likely N-dealkylation sites (tertiary alicyclic amines) is 1. The Hall–Kier alpha value is -3.64. The second-order valence-corrected chi connectivity index (χ2v) is 8.14. The Morgan fingerprint density at radius 3 is 2.54 bits per heavy atom. The highest BCUT2D eigenvalue weighted by atomic mass is 19.4. The van der Waals surface area contributed by atoms with Gasteiger partial charge in [-0.05, 0) is 18.1 Å². The number of hydrogen-bond donors (Lipinski definition) is 2. The van der Waals surface area contributed by atoms with E-state index in [2.05, 4.69) is 25.3 Å². The number of nitrogens with zero attached hydrogens (tertiary/aromatic N) is 5. The van der Waals surface area contributed by atoms with E-state index in [0.717, 1.165) is 4.90 Å². The van der Waals surface area contributed by atoms with Crippen molar-refractivity contribution in [3.8, 4) is 0 Å². The summed E-state index contributed by atoms with van der Waals surface area (Å²) in [5.74, 6) is -4.72. The van der Waals surface area contributed by atoms with Gasteiger partial charge >= 0.3 is 6.18 Å². The summed E-state index contributed by atoms with van der Waals surface area (Å²) < 4.78 is 67.2. The van der Waals surface area contributed by atoms with Gasteiger partial charge in [0.15, 0.2) is 0 Å². The highest BCUT2D eigenvalue weighted by Crippen LogP contribution is 2.35. The number of aromatic nitrogens is 3. The molecule has 1 fully saturated rings. The van der Waals surface area contributed by atoms with Crippen LogP contribution in [-0.4, -0.2) is 64.1 Å². The first-order valence-corrected chi connectivity index (χ1v) is 10.6. The van der Waals surface area contributed by atoms with E-state index in [1.54, 1.807) is 25.1 Å². The molecule has 3 rings (SSSR count). The van der Waals surface area contributed by atoms with E-state index in [9.17, 15) is 26.7 Å². The van der Waals surface area contributed by atoms with Crippen LogP contribution in [0.15, 0.2) is 47.4 Å². The molecule has 0 saturated carbocycles. The Labute approximate surface area is 198 Å². The molecule has 13 heteroatoms. The summed E-state index contributed by atoms with van der Waals surface area (Å²) in [5.41, 5.74) is 5.28. The molecule has 2 aromatic rings. The van der Waals surface area contributed by atoms with Gasteiger partial charge in [-0.3, -0.25) is 14.8 Å². The molecular weight excluding hydrogens is 473 g/mol. The van der Waals surface area contributed by atoms with Gasteiger partial charge in [-0.15, -0.1) is 0 Å². The van der Waals surface area contributed by atoms with Crippen molar-refractivity contribution in [2.45, 2.75) is 31.5 Å². The molecule has 0 spiro atoms. The minimum atomic E-state index is -4.59. The normalized spacial score (nSPS) is 21.1. The third-order valence-electron chi connectivity index (χ3n) is 5.51. The predicted octanol–water partition coefficient (Wildman–Crippen LogP) is 3.25. The zero-order valence-corrected chi connectivity index (χ0v) is 18.9. The molecule has 0 aliphatic carbocycles. The molecule has 0 bridgehead atoms. The summed E-state index contributed by atoms with van der Waals surface area (Å²) in [6, 6.07) is 4.13. The molecule has 1 aliphatic heterocycles. The fraction of sp³-hybridized carbons (Fsp3) is 0.409. The number of pyridine rings is 1. The van der Waals surface area contributed by atoms with E-state index in [-0.39, 0.29) is 29.5 Å². The molecule has 3 heterocycles. The van der Waals surface area contributed by atoms with Gasteiger partial charge in [-0.1, -0.05) is 13.0 Å². The first-order valence-electron chi connectivity index (χ1n) is 10.6. The molecule has 1 aliphatic rings. The summed E-state index contributed by atoms with van der Waals surface area (Å²) >= 11 is 0. The first-order chi connectivity index (χ1) is 16.4. The SMILES string of the molecule is CN=CC(C(=O)N1CC(F)(F)CC(C)C1CNc1ncc(C(F)(F)F)cn1)=C(N)c1ccccn1. The van der Waals surface area contributed by atoms with Crippen LogP contribution in [0, 0.1) is 5.92 Å². The van der Waals surface area contributed by atoms with E-state index >= 15 is 0 Å². The molecule has 3 N–H and O–H groups in total. The highest BCUT2D eigenvalue weighted by Gasteiger charge is 2.46. The third-order valence-corrected chi connectivity index (χ3v) is 5.51. The van der Waals surface area contributed by atoms with E-state index in [1.807, 2.05) is 0 Å². The van der Waals surface area contributed by atoms with Crippen LogP contribution < -0.4 is 11.1 Å². The number of nitrogens with one attached hydrogen (secondary N) is 1. The lowest BCUT2D eigenvalue weighted by Crippen LogP contribution is -2.58. The molecule has 0 radical (unpaired) electrons. The van der Waals surface area contributed by atoms with Crippen molar-refractivity contribution in [3.05, 3.63) is 53.6 Å². The van der Waals surface area contributed by atoms with Gasteiger partial charge in [0.05, 0.1) is 35.1 Å². The first kappa shape index (κ1) is 26.0. The smallest absolute Gasteiger partial charge is 0.396 e. The lowest BCUT2D eigenvalue weighted by molar-refractivity contribution is -0.147. The molecule has 0 aromatic carbocycles. The second kappa shape index (κ2) is 10.3. The van der Waals surface area contributed by atoms with Crippen LogP contribution in [0.4, 0.5) is 27.9 Å². The van der Waals surface area contributed by atoms with Gasteiger partial charge in [-0.2, -0.15) is 13.2 Å². The molecule has 2 atom stereocenters. The lowest BCUT2D eigenvalue weighted by atomic mass is 9.87. The van der Waals surface area contributed by atoms with Gasteiger partial charge in [0, 0.05) is 44.8 Å². The number of rotatable bonds is 6. The Kier molecular flexibility index (Phi) is 7.66. The van der Waals surface area contributed by atoms with Gasteiger partial charge in [0.2, 0.25) is 5.95 Å². The number of alkyl halides is 5. The third kappa shape index (κ3) is 6.28. The summed E-state index contributed by atoms with van der Waals surface area (Å²) in [6.07, 6.45) is -1.18. The number of anilines is 1. The summed E-state index contributed by atoms with van der Waals surface area (Å²) in [6.45, 7) is 0.619. The predicted molar refractivity (Wildman–Crippen MR) is 120 cm³/mol. The van der Waals surface area contributed by atoms with Crippen molar-refractivity contribution >= 4 is 23.8 Å². The van der Waals surface area contributed by atoms with Crippen LogP contribution >= 0.6 is 0 Å². The van der Waals surface area contributed by atoms with E-state index in [0.29, 0.717) is 12.4 Å². The van der Waals surface area contributed by atoms with E-state index < -0.39 is 48.5 Å². The zero-order valence-electron chi connectivity index (χ0n) is 18.9. The van der Waals surface area contributed by atoms with Crippen molar-refractivity contribution in [1.82, 2.24) is 19.9 Å². The van der Waals surface area contributed by atoms with E-state index in [1.165, 1.54) is 19.5 Å². The molecule has 188 valence electrons. The van der Waals surface area contributed by atoms with Crippen LogP contribution in [0.25, 0.3) is 5.70 Å². The number of carbonyl (C=O) groups excluding carboxylic acids is 1. The maximum atomic E-state index is 14.5. The minimum absolute atomic E-state index is 0.0273. The van der Waals surface area contributed by atoms with Gasteiger partial charge in [0.25, 0.3) is 11.8 Å². The van der Waals surface area contributed by atoms with Crippen LogP contribution in [-0.2, 0) is 11.0 Å². The monoisotopic (exact) mass is 497 g/mol. The largest absolute Gasteiger partial charge is 0.419 e. The van der Waals surface area contributed by atoms with Crippen molar-refractivity contribution < 1.29 is 26.7 Å². The molecule has 2 aromatic heterocycles. The fourth-order valence-electron chi connectivity index (χ4n) is 3.82. The number of aliphatic imine (C=N–C) groups is 1. The van der Waals surface area contributed by atoms with E-state index in [4.69, 9.17) is 5.73 Å². The highest BCUT2D eigenvalue weighted by molar-refractivity contribution is 6.17. The average molecular weight is 497 g/mol. The molecule has 8 nitrogen and oxygen atoms in total. The summed E-state index contributed by atoms with van der Waals surface area (Å²) in [7, 11) is 1.41. The van der Waals surface area contributed by atoms with Crippen LogP contribution in [0.5, 0.6) is 0 Å². The van der Waals surface area contributed by atoms with Crippen molar-refractivity contribution in [1.29, 1.82) is 0 Å². The Morgan fingerprint density at radius 2 is 1.97 bits per heavy atom. The quantitative estimate of drug-likeness (QED) is 0.360. The molecule has 1 saturated heterocycles. The summed E-state index contributed by atoms with van der Waals surface area (Å²) in [5, 5.41) is 2.75. The van der Waals surface area contributed by atoms with Gasteiger partial charge < -0.3 is 16.0 Å². The van der Waals surface area contributed by atoms with Crippen LogP contribution in [0.3, 0.4) is 0 Å².